The number of hydrogen-bond acceptors (Lipinski definition) is 3. The summed E-state index contributed by atoms with van der Waals surface area (Å²) in [7, 11) is 0. The van der Waals surface area contributed by atoms with Crippen LogP contribution in [-0.2, 0) is 0 Å². The number of nitrogen functional groups attached to an aromatic ring is 1. The van der Waals surface area contributed by atoms with Crippen molar-refractivity contribution in [2.24, 2.45) is 5.92 Å². The fourth-order valence-electron chi connectivity index (χ4n) is 3.07. The molecule has 0 radical (unpaired) electrons. The summed E-state index contributed by atoms with van der Waals surface area (Å²) in [6, 6.07) is 8.71. The Morgan fingerprint density at radius 3 is 2.95 bits per heavy atom. The third kappa shape index (κ3) is 1.46. The second-order valence-corrected chi connectivity index (χ2v) is 5.32. The predicted molar refractivity (Wildman–Crippen MR) is 76.9 cm³/mol. The molecule has 2 N–H and O–H groups in total. The molecule has 1 aliphatic rings. The normalized spacial score (nSPS) is 22.2. The highest BCUT2D eigenvalue weighted by Crippen LogP contribution is 2.48. The topological polar surface area (TPSA) is 56.7 Å². The van der Waals surface area contributed by atoms with Gasteiger partial charge in [-0.3, -0.25) is 4.98 Å². The number of nitrogens with zero attached hydrogens (tertiary/aromatic N) is 3. The average molecular weight is 252 g/mol. The number of hydrogen-bond donors (Lipinski definition) is 1. The second kappa shape index (κ2) is 3.70. The van der Waals surface area contributed by atoms with E-state index in [2.05, 4.69) is 27.5 Å². The SMILES string of the molecule is CCC1CC1n1c(N)nc2cnc3ccccc3c21. The zero-order valence-corrected chi connectivity index (χ0v) is 10.9. The van der Waals surface area contributed by atoms with Crippen LogP contribution in [0.5, 0.6) is 0 Å². The number of nitrogens with two attached hydrogens (primary N) is 1. The van der Waals surface area contributed by atoms with Gasteiger partial charge in [0.15, 0.2) is 0 Å². The van der Waals surface area contributed by atoms with Crippen LogP contribution in [0.4, 0.5) is 5.95 Å². The molecule has 2 heterocycles. The van der Waals surface area contributed by atoms with Crippen molar-refractivity contribution >= 4 is 27.9 Å². The quantitative estimate of drug-likeness (QED) is 0.762. The minimum Gasteiger partial charge on any atom is -0.369 e. The Bertz CT molecular complexity index is 774. The minimum absolute atomic E-state index is 0.515. The molecule has 0 bridgehead atoms. The molecule has 0 amide bonds. The van der Waals surface area contributed by atoms with E-state index in [9.17, 15) is 0 Å². The lowest BCUT2D eigenvalue weighted by atomic mass is 10.2. The fraction of sp³-hybridized carbons (Fsp3) is 0.333. The van der Waals surface area contributed by atoms with Gasteiger partial charge in [0.2, 0.25) is 5.95 Å². The molecule has 4 heteroatoms. The van der Waals surface area contributed by atoms with Crippen molar-refractivity contribution in [1.29, 1.82) is 0 Å². The van der Waals surface area contributed by atoms with Crippen molar-refractivity contribution in [2.45, 2.75) is 25.8 Å². The Balaban J connectivity index is 2.06. The van der Waals surface area contributed by atoms with Crippen LogP contribution < -0.4 is 5.73 Å². The van der Waals surface area contributed by atoms with Crippen molar-refractivity contribution in [1.82, 2.24) is 14.5 Å². The highest BCUT2D eigenvalue weighted by Gasteiger charge is 2.39. The molecular formula is C15H16N4. The third-order valence-corrected chi connectivity index (χ3v) is 4.19. The number of aromatic nitrogens is 3. The van der Waals surface area contributed by atoms with Crippen molar-refractivity contribution < 1.29 is 0 Å². The van der Waals surface area contributed by atoms with Gasteiger partial charge in [0.05, 0.1) is 17.2 Å². The van der Waals surface area contributed by atoms with E-state index < -0.39 is 0 Å². The van der Waals surface area contributed by atoms with Crippen LogP contribution in [0.3, 0.4) is 0 Å². The molecule has 4 nitrogen and oxygen atoms in total. The second-order valence-electron chi connectivity index (χ2n) is 5.32. The molecule has 1 aromatic carbocycles. The summed E-state index contributed by atoms with van der Waals surface area (Å²) in [5.74, 6) is 1.36. The van der Waals surface area contributed by atoms with Gasteiger partial charge in [0.25, 0.3) is 0 Å². The number of fused-ring (bicyclic) bond motifs is 3. The van der Waals surface area contributed by atoms with Crippen LogP contribution in [0, 0.1) is 5.92 Å². The molecule has 2 unspecified atom stereocenters. The summed E-state index contributed by atoms with van der Waals surface area (Å²) in [4.78, 5) is 8.92. The third-order valence-electron chi connectivity index (χ3n) is 4.19. The lowest BCUT2D eigenvalue weighted by molar-refractivity contribution is 0.662. The lowest BCUT2D eigenvalue weighted by Crippen LogP contribution is -2.02. The first-order valence-electron chi connectivity index (χ1n) is 6.80. The molecule has 3 aromatic rings. The number of rotatable bonds is 2. The molecule has 96 valence electrons. The number of benzene rings is 1. The molecule has 19 heavy (non-hydrogen) atoms. The van der Waals surface area contributed by atoms with Crippen molar-refractivity contribution in [3.05, 3.63) is 30.5 Å². The van der Waals surface area contributed by atoms with E-state index in [4.69, 9.17) is 5.73 Å². The van der Waals surface area contributed by atoms with Gasteiger partial charge < -0.3 is 10.3 Å². The van der Waals surface area contributed by atoms with Crippen molar-refractivity contribution in [3.63, 3.8) is 0 Å². The van der Waals surface area contributed by atoms with Gasteiger partial charge in [0.1, 0.15) is 5.52 Å². The lowest BCUT2D eigenvalue weighted by Gasteiger charge is -2.07. The maximum atomic E-state index is 6.13. The first-order valence-corrected chi connectivity index (χ1v) is 6.80. The Labute approximate surface area is 111 Å². The predicted octanol–water partition coefficient (Wildman–Crippen LogP) is 3.14. The van der Waals surface area contributed by atoms with Crippen LogP contribution in [0.1, 0.15) is 25.8 Å². The van der Waals surface area contributed by atoms with Crippen LogP contribution >= 0.6 is 0 Å². The molecule has 1 saturated carbocycles. The summed E-state index contributed by atoms with van der Waals surface area (Å²) in [6.07, 6.45) is 4.24. The Kier molecular flexibility index (Phi) is 2.10. The van der Waals surface area contributed by atoms with E-state index in [0.717, 1.165) is 27.9 Å². The maximum Gasteiger partial charge on any atom is 0.201 e. The molecule has 0 aliphatic heterocycles. The fourth-order valence-corrected chi connectivity index (χ4v) is 3.07. The summed E-state index contributed by atoms with van der Waals surface area (Å²) in [6.45, 7) is 2.24. The largest absolute Gasteiger partial charge is 0.369 e. The monoisotopic (exact) mass is 252 g/mol. The van der Waals surface area contributed by atoms with Gasteiger partial charge in [-0.05, 0) is 18.4 Å². The van der Waals surface area contributed by atoms with Gasteiger partial charge >= 0.3 is 0 Å². The van der Waals surface area contributed by atoms with Crippen LogP contribution in [-0.4, -0.2) is 14.5 Å². The Morgan fingerprint density at radius 2 is 2.16 bits per heavy atom. The molecule has 2 atom stereocenters. The van der Waals surface area contributed by atoms with E-state index >= 15 is 0 Å². The van der Waals surface area contributed by atoms with Crippen LogP contribution in [0.2, 0.25) is 0 Å². The van der Waals surface area contributed by atoms with Gasteiger partial charge in [-0.15, -0.1) is 0 Å². The van der Waals surface area contributed by atoms with E-state index in [1.807, 2.05) is 24.4 Å². The molecule has 4 rings (SSSR count). The summed E-state index contributed by atoms with van der Waals surface area (Å²) >= 11 is 0. The molecule has 0 spiro atoms. The van der Waals surface area contributed by atoms with E-state index in [1.54, 1.807) is 0 Å². The van der Waals surface area contributed by atoms with Crippen molar-refractivity contribution in [2.75, 3.05) is 5.73 Å². The number of anilines is 1. The highest BCUT2D eigenvalue weighted by atomic mass is 15.2. The molecule has 1 aliphatic carbocycles. The molecular weight excluding hydrogens is 236 g/mol. The maximum absolute atomic E-state index is 6.13. The van der Waals surface area contributed by atoms with Crippen molar-refractivity contribution in [3.8, 4) is 0 Å². The number of imidazole rings is 1. The smallest absolute Gasteiger partial charge is 0.201 e. The molecule has 1 fully saturated rings. The summed E-state index contributed by atoms with van der Waals surface area (Å²) in [5, 5.41) is 1.14. The summed E-state index contributed by atoms with van der Waals surface area (Å²) in [5.41, 5.74) is 9.17. The van der Waals surface area contributed by atoms with Crippen LogP contribution in [0.15, 0.2) is 30.5 Å². The molecule has 2 aromatic heterocycles. The minimum atomic E-state index is 0.515. The zero-order chi connectivity index (χ0) is 13.0. The van der Waals surface area contributed by atoms with Gasteiger partial charge in [0, 0.05) is 11.4 Å². The standard InChI is InChI=1S/C15H16N4/c1-2-9-7-13(9)19-14-10-5-3-4-6-11(10)17-8-12(14)18-15(19)16/h3-6,8-9,13H,2,7H2,1H3,(H2,16,18). The first kappa shape index (κ1) is 10.8. The number of pyridine rings is 1. The highest BCUT2D eigenvalue weighted by molar-refractivity contribution is 6.03. The van der Waals surface area contributed by atoms with E-state index in [1.165, 1.54) is 12.8 Å². The Hall–Kier alpha value is -2.10. The van der Waals surface area contributed by atoms with Gasteiger partial charge in [-0.25, -0.2) is 4.98 Å². The van der Waals surface area contributed by atoms with E-state index in [-0.39, 0.29) is 0 Å². The average Bonchev–Trinajstić information content (AvgIpc) is 3.13. The van der Waals surface area contributed by atoms with E-state index in [0.29, 0.717) is 12.0 Å². The Morgan fingerprint density at radius 1 is 1.32 bits per heavy atom. The molecule has 0 saturated heterocycles. The first-order chi connectivity index (χ1) is 9.29. The van der Waals surface area contributed by atoms with Gasteiger partial charge in [-0.1, -0.05) is 31.5 Å². The summed E-state index contributed by atoms with van der Waals surface area (Å²) < 4.78 is 2.22. The zero-order valence-electron chi connectivity index (χ0n) is 10.9. The number of para-hydroxylation sites is 1. The van der Waals surface area contributed by atoms with Crippen LogP contribution in [0.25, 0.3) is 21.9 Å². The van der Waals surface area contributed by atoms with Gasteiger partial charge in [-0.2, -0.15) is 0 Å².